The van der Waals surface area contributed by atoms with Crippen LogP contribution in [0.25, 0.3) is 0 Å². The Morgan fingerprint density at radius 2 is 1.76 bits per heavy atom. The fourth-order valence-electron chi connectivity index (χ4n) is 3.40. The summed E-state index contributed by atoms with van der Waals surface area (Å²) < 4.78 is 10.6. The van der Waals surface area contributed by atoms with E-state index in [4.69, 9.17) is 9.47 Å². The Morgan fingerprint density at radius 1 is 1.10 bits per heavy atom. The Labute approximate surface area is 171 Å². The third-order valence-electron chi connectivity index (χ3n) is 4.86. The molecular weight excluding hydrogens is 370 g/mol. The van der Waals surface area contributed by atoms with Gasteiger partial charge in [-0.25, -0.2) is 4.79 Å². The van der Waals surface area contributed by atoms with Crippen LogP contribution in [0.2, 0.25) is 0 Å². The number of methoxy groups -OCH3 is 1. The highest BCUT2D eigenvalue weighted by atomic mass is 16.5. The number of hydrogen-bond donors (Lipinski definition) is 1. The highest BCUT2D eigenvalue weighted by molar-refractivity contribution is 5.98. The summed E-state index contributed by atoms with van der Waals surface area (Å²) in [6, 6.07) is 14.3. The fourth-order valence-corrected chi connectivity index (χ4v) is 3.40. The molecule has 1 saturated heterocycles. The van der Waals surface area contributed by atoms with Gasteiger partial charge in [0, 0.05) is 30.9 Å². The minimum Gasteiger partial charge on any atom is -0.497 e. The molecule has 3 rings (SSSR count). The predicted octanol–water partition coefficient (Wildman–Crippen LogP) is 3.44. The van der Waals surface area contributed by atoms with Crippen molar-refractivity contribution in [3.63, 3.8) is 0 Å². The van der Waals surface area contributed by atoms with Gasteiger partial charge in [0.2, 0.25) is 5.91 Å². The fraction of sp³-hybridized carbons (Fsp3) is 0.364. The van der Waals surface area contributed by atoms with E-state index < -0.39 is 0 Å². The van der Waals surface area contributed by atoms with Gasteiger partial charge in [-0.3, -0.25) is 9.69 Å². The molecule has 1 aliphatic rings. The molecule has 0 bridgehead atoms. The van der Waals surface area contributed by atoms with Crippen LogP contribution < -0.4 is 24.6 Å². The number of benzene rings is 2. The average molecular weight is 397 g/mol. The molecule has 0 radical (unpaired) electrons. The Morgan fingerprint density at radius 3 is 2.34 bits per heavy atom. The molecule has 0 spiro atoms. The van der Waals surface area contributed by atoms with Gasteiger partial charge in [0.1, 0.15) is 11.5 Å². The molecule has 3 amide bonds. The number of carbonyl (C=O) groups excluding carboxylic acids is 2. The van der Waals surface area contributed by atoms with Crippen molar-refractivity contribution in [2.24, 2.45) is 0 Å². The maximum Gasteiger partial charge on any atom is 0.322 e. The van der Waals surface area contributed by atoms with E-state index in [1.165, 1.54) is 0 Å². The summed E-state index contributed by atoms with van der Waals surface area (Å²) in [5.74, 6) is 1.49. The molecular formula is C22H27N3O4. The van der Waals surface area contributed by atoms with Crippen molar-refractivity contribution in [2.75, 3.05) is 36.6 Å². The molecule has 154 valence electrons. The summed E-state index contributed by atoms with van der Waals surface area (Å²) in [5.41, 5.74) is 1.58. The van der Waals surface area contributed by atoms with Crippen molar-refractivity contribution in [1.29, 1.82) is 0 Å². The first-order valence-corrected chi connectivity index (χ1v) is 9.81. The molecule has 7 heteroatoms. The molecule has 1 aliphatic heterocycles. The van der Waals surface area contributed by atoms with Crippen molar-refractivity contribution < 1.29 is 19.1 Å². The lowest BCUT2D eigenvalue weighted by Crippen LogP contribution is -2.46. The van der Waals surface area contributed by atoms with E-state index in [1.807, 2.05) is 62.4 Å². The van der Waals surface area contributed by atoms with Gasteiger partial charge in [-0.2, -0.15) is 0 Å². The minimum absolute atomic E-state index is 0.00965. The SMILES string of the molecule is CCOc1ccc(N(CC)C(=O)N[C@@H]2CC(=O)N(c3ccc(OC)cc3)C2)cc1. The van der Waals surface area contributed by atoms with Crippen LogP contribution in [0.3, 0.4) is 0 Å². The first-order valence-electron chi connectivity index (χ1n) is 9.81. The summed E-state index contributed by atoms with van der Waals surface area (Å²) in [5, 5.41) is 2.99. The number of anilines is 2. The summed E-state index contributed by atoms with van der Waals surface area (Å²) in [4.78, 5) is 28.6. The molecule has 0 aromatic heterocycles. The first-order chi connectivity index (χ1) is 14.0. The maximum atomic E-state index is 12.8. The van der Waals surface area contributed by atoms with Crippen LogP contribution in [0.4, 0.5) is 16.2 Å². The zero-order valence-electron chi connectivity index (χ0n) is 17.1. The van der Waals surface area contributed by atoms with E-state index in [0.717, 1.165) is 22.9 Å². The monoisotopic (exact) mass is 397 g/mol. The molecule has 7 nitrogen and oxygen atoms in total. The molecule has 29 heavy (non-hydrogen) atoms. The lowest BCUT2D eigenvalue weighted by atomic mass is 10.2. The zero-order chi connectivity index (χ0) is 20.8. The van der Waals surface area contributed by atoms with Gasteiger partial charge in [-0.15, -0.1) is 0 Å². The van der Waals surface area contributed by atoms with Gasteiger partial charge in [-0.05, 0) is 62.4 Å². The van der Waals surface area contributed by atoms with Gasteiger partial charge in [0.15, 0.2) is 0 Å². The number of nitrogens with zero attached hydrogens (tertiary/aromatic N) is 2. The Balaban J connectivity index is 1.63. The zero-order valence-corrected chi connectivity index (χ0v) is 17.1. The second-order valence-corrected chi connectivity index (χ2v) is 6.72. The van der Waals surface area contributed by atoms with Crippen LogP contribution in [0.5, 0.6) is 11.5 Å². The van der Waals surface area contributed by atoms with E-state index >= 15 is 0 Å². The number of urea groups is 1. The van der Waals surface area contributed by atoms with Gasteiger partial charge < -0.3 is 19.7 Å². The quantitative estimate of drug-likeness (QED) is 0.777. The van der Waals surface area contributed by atoms with Crippen LogP contribution in [0, 0.1) is 0 Å². The van der Waals surface area contributed by atoms with Crippen molar-refractivity contribution >= 4 is 23.3 Å². The van der Waals surface area contributed by atoms with Gasteiger partial charge in [-0.1, -0.05) is 0 Å². The van der Waals surface area contributed by atoms with E-state index in [1.54, 1.807) is 16.9 Å². The van der Waals surface area contributed by atoms with Gasteiger partial charge in [0.05, 0.1) is 19.8 Å². The Hall–Kier alpha value is -3.22. The molecule has 1 fully saturated rings. The molecule has 2 aromatic rings. The summed E-state index contributed by atoms with van der Waals surface area (Å²) >= 11 is 0. The molecule has 1 atom stereocenters. The van der Waals surface area contributed by atoms with Crippen molar-refractivity contribution in [3.8, 4) is 11.5 Å². The third kappa shape index (κ3) is 4.80. The minimum atomic E-state index is -0.242. The lowest BCUT2D eigenvalue weighted by Gasteiger charge is -2.24. The number of ether oxygens (including phenoxy) is 2. The predicted molar refractivity (Wildman–Crippen MR) is 113 cm³/mol. The summed E-state index contributed by atoms with van der Waals surface area (Å²) in [6.07, 6.45) is 0.276. The molecule has 1 heterocycles. The maximum absolute atomic E-state index is 12.8. The van der Waals surface area contributed by atoms with Crippen LogP contribution in [-0.4, -0.2) is 44.8 Å². The highest BCUT2D eigenvalue weighted by Gasteiger charge is 2.32. The number of hydrogen-bond acceptors (Lipinski definition) is 4. The summed E-state index contributed by atoms with van der Waals surface area (Å²) in [6.45, 7) is 5.40. The van der Waals surface area contributed by atoms with Gasteiger partial charge in [0.25, 0.3) is 0 Å². The van der Waals surface area contributed by atoms with E-state index in [2.05, 4.69) is 5.32 Å². The Kier molecular flexibility index (Phi) is 6.59. The van der Waals surface area contributed by atoms with Gasteiger partial charge >= 0.3 is 6.03 Å². The summed E-state index contributed by atoms with van der Waals surface area (Å²) in [7, 11) is 1.60. The molecule has 2 aromatic carbocycles. The highest BCUT2D eigenvalue weighted by Crippen LogP contribution is 2.25. The first kappa shape index (κ1) is 20.5. The molecule has 0 unspecified atom stereocenters. The average Bonchev–Trinajstić information content (AvgIpc) is 3.10. The molecule has 0 saturated carbocycles. The standard InChI is InChI=1S/C22H27N3O4/c1-4-24(17-8-12-20(13-9-17)29-5-2)22(27)23-16-14-21(26)25(15-16)18-6-10-19(28-3)11-7-18/h6-13,16H,4-5,14-15H2,1-3H3,(H,23,27)/t16-/m1/s1. The van der Waals surface area contributed by atoms with E-state index in [-0.39, 0.29) is 24.4 Å². The van der Waals surface area contributed by atoms with E-state index in [0.29, 0.717) is 19.7 Å². The number of rotatable bonds is 7. The topological polar surface area (TPSA) is 71.1 Å². The van der Waals surface area contributed by atoms with Crippen molar-refractivity contribution in [3.05, 3.63) is 48.5 Å². The second kappa shape index (κ2) is 9.32. The Bertz CT molecular complexity index is 836. The van der Waals surface area contributed by atoms with Crippen LogP contribution >= 0.6 is 0 Å². The number of nitrogens with one attached hydrogen (secondary N) is 1. The largest absolute Gasteiger partial charge is 0.497 e. The van der Waals surface area contributed by atoms with Crippen molar-refractivity contribution in [2.45, 2.75) is 26.3 Å². The lowest BCUT2D eigenvalue weighted by molar-refractivity contribution is -0.117. The van der Waals surface area contributed by atoms with E-state index in [9.17, 15) is 9.59 Å². The second-order valence-electron chi connectivity index (χ2n) is 6.72. The number of amides is 3. The normalized spacial score (nSPS) is 15.9. The van der Waals surface area contributed by atoms with Crippen LogP contribution in [0.15, 0.2) is 48.5 Å². The van der Waals surface area contributed by atoms with Crippen LogP contribution in [-0.2, 0) is 4.79 Å². The van der Waals surface area contributed by atoms with Crippen molar-refractivity contribution in [1.82, 2.24) is 5.32 Å². The third-order valence-corrected chi connectivity index (χ3v) is 4.86. The number of carbonyl (C=O) groups is 2. The molecule has 0 aliphatic carbocycles. The smallest absolute Gasteiger partial charge is 0.322 e. The van der Waals surface area contributed by atoms with Crippen LogP contribution in [0.1, 0.15) is 20.3 Å². The molecule has 1 N–H and O–H groups in total.